The van der Waals surface area contributed by atoms with Gasteiger partial charge in [-0.25, -0.2) is 4.79 Å². The van der Waals surface area contributed by atoms with Crippen molar-refractivity contribution in [1.29, 1.82) is 0 Å². The zero-order valence-electron chi connectivity index (χ0n) is 15.5. The highest BCUT2D eigenvalue weighted by Crippen LogP contribution is 2.25. The van der Waals surface area contributed by atoms with Gasteiger partial charge in [0, 0.05) is 23.6 Å². The lowest BCUT2D eigenvalue weighted by Crippen LogP contribution is -2.30. The van der Waals surface area contributed by atoms with E-state index in [-0.39, 0.29) is 11.9 Å². The third kappa shape index (κ3) is 3.10. The molecule has 1 N–H and O–H groups in total. The van der Waals surface area contributed by atoms with Crippen molar-refractivity contribution in [2.75, 3.05) is 13.2 Å². The number of aromatic nitrogens is 1. The van der Waals surface area contributed by atoms with Gasteiger partial charge in [-0.3, -0.25) is 9.69 Å². The molecular weight excluding hydrogens is 330 g/mol. The van der Waals surface area contributed by atoms with Crippen LogP contribution in [0.1, 0.15) is 30.8 Å². The number of aryl methyl sites for hydroxylation is 1. The summed E-state index contributed by atoms with van der Waals surface area (Å²) >= 11 is 0. The van der Waals surface area contributed by atoms with E-state index in [1.165, 1.54) is 4.90 Å². The minimum absolute atomic E-state index is 0.289. The highest BCUT2D eigenvalue weighted by atomic mass is 16.5. The predicted molar refractivity (Wildman–Crippen MR) is 100 cm³/mol. The van der Waals surface area contributed by atoms with Gasteiger partial charge in [0.25, 0.3) is 5.91 Å². The summed E-state index contributed by atoms with van der Waals surface area (Å²) < 4.78 is 7.60. The fourth-order valence-electron chi connectivity index (χ4n) is 3.20. The van der Waals surface area contributed by atoms with Gasteiger partial charge >= 0.3 is 6.03 Å². The van der Waals surface area contributed by atoms with Gasteiger partial charge in [-0.1, -0.05) is 0 Å². The van der Waals surface area contributed by atoms with E-state index < -0.39 is 0 Å². The highest BCUT2D eigenvalue weighted by molar-refractivity contribution is 6.14. The number of benzene rings is 1. The summed E-state index contributed by atoms with van der Waals surface area (Å²) in [6, 6.07) is 9.52. The third-order valence-corrected chi connectivity index (χ3v) is 4.45. The van der Waals surface area contributed by atoms with Crippen molar-refractivity contribution in [1.82, 2.24) is 14.8 Å². The molecule has 0 spiro atoms. The largest absolute Gasteiger partial charge is 0.494 e. The van der Waals surface area contributed by atoms with Crippen LogP contribution in [0.5, 0.6) is 5.75 Å². The number of rotatable bonds is 5. The van der Waals surface area contributed by atoms with E-state index in [0.717, 1.165) is 28.4 Å². The minimum atomic E-state index is -0.371. The molecule has 3 rings (SSSR count). The molecule has 2 heterocycles. The molecule has 1 aromatic heterocycles. The van der Waals surface area contributed by atoms with Crippen molar-refractivity contribution in [3.05, 3.63) is 53.0 Å². The Morgan fingerprint density at radius 3 is 2.38 bits per heavy atom. The molecule has 1 aliphatic rings. The first-order valence-corrected chi connectivity index (χ1v) is 8.73. The van der Waals surface area contributed by atoms with Gasteiger partial charge in [0.1, 0.15) is 11.4 Å². The smallest absolute Gasteiger partial charge is 0.328 e. The molecule has 1 aliphatic heterocycles. The highest BCUT2D eigenvalue weighted by Gasteiger charge is 2.32. The Kier molecular flexibility index (Phi) is 4.84. The normalized spacial score (nSPS) is 15.7. The molecule has 0 saturated carbocycles. The number of hydrogen-bond donors (Lipinski definition) is 1. The van der Waals surface area contributed by atoms with Crippen LogP contribution in [0.3, 0.4) is 0 Å². The summed E-state index contributed by atoms with van der Waals surface area (Å²) in [6.45, 7) is 8.73. The molecule has 1 fully saturated rings. The van der Waals surface area contributed by atoms with E-state index in [0.29, 0.717) is 18.8 Å². The minimum Gasteiger partial charge on any atom is -0.494 e. The number of nitrogens with one attached hydrogen (secondary N) is 1. The van der Waals surface area contributed by atoms with Gasteiger partial charge in [0.15, 0.2) is 0 Å². The molecule has 6 nitrogen and oxygen atoms in total. The number of nitrogens with zero attached hydrogens (tertiary/aromatic N) is 2. The Morgan fingerprint density at radius 2 is 1.81 bits per heavy atom. The molecule has 6 heteroatoms. The Morgan fingerprint density at radius 1 is 1.12 bits per heavy atom. The summed E-state index contributed by atoms with van der Waals surface area (Å²) in [7, 11) is 0. The molecule has 1 saturated heterocycles. The van der Waals surface area contributed by atoms with Crippen LogP contribution in [0.4, 0.5) is 4.79 Å². The predicted octanol–water partition coefficient (Wildman–Crippen LogP) is 3.41. The third-order valence-electron chi connectivity index (χ3n) is 4.45. The quantitative estimate of drug-likeness (QED) is 0.662. The van der Waals surface area contributed by atoms with Gasteiger partial charge < -0.3 is 14.6 Å². The number of hydrogen-bond acceptors (Lipinski definition) is 3. The maximum atomic E-state index is 12.3. The van der Waals surface area contributed by atoms with Gasteiger partial charge in [-0.15, -0.1) is 0 Å². The molecule has 1 aromatic carbocycles. The lowest BCUT2D eigenvalue weighted by atomic mass is 10.2. The molecule has 0 unspecified atom stereocenters. The molecule has 26 heavy (non-hydrogen) atoms. The number of carbonyl (C=O) groups excluding carboxylic acids is 2. The molecular formula is C20H23N3O3. The Bertz CT molecular complexity index is 878. The zero-order chi connectivity index (χ0) is 18.8. The van der Waals surface area contributed by atoms with Gasteiger partial charge in [-0.2, -0.15) is 0 Å². The number of amides is 3. The second-order valence-electron chi connectivity index (χ2n) is 6.13. The first-order valence-electron chi connectivity index (χ1n) is 8.73. The van der Waals surface area contributed by atoms with E-state index in [2.05, 4.69) is 9.88 Å². The van der Waals surface area contributed by atoms with Crippen molar-refractivity contribution >= 4 is 18.0 Å². The van der Waals surface area contributed by atoms with E-state index in [4.69, 9.17) is 4.74 Å². The fourth-order valence-corrected chi connectivity index (χ4v) is 3.20. The Hall–Kier alpha value is -3.02. The lowest BCUT2D eigenvalue weighted by molar-refractivity contribution is -0.122. The molecule has 3 amide bonds. The van der Waals surface area contributed by atoms with Crippen LogP contribution in [-0.4, -0.2) is 34.6 Å². The van der Waals surface area contributed by atoms with Crippen molar-refractivity contribution in [2.45, 2.75) is 27.7 Å². The van der Waals surface area contributed by atoms with E-state index in [1.807, 2.05) is 51.1 Å². The average Bonchev–Trinajstić information content (AvgIpc) is 3.04. The SMILES string of the molecule is CCOc1ccc(-n2c(C)cc(/C=C3/NC(=O)N(CC)C3=O)c2C)cc1. The first-order chi connectivity index (χ1) is 12.5. The first kappa shape index (κ1) is 17.8. The van der Waals surface area contributed by atoms with Crippen LogP contribution in [0.2, 0.25) is 0 Å². The summed E-state index contributed by atoms with van der Waals surface area (Å²) in [5, 5.41) is 2.64. The Balaban J connectivity index is 1.95. The van der Waals surface area contributed by atoms with Gasteiger partial charge in [0.05, 0.1) is 6.61 Å². The number of urea groups is 1. The summed E-state index contributed by atoms with van der Waals surface area (Å²) in [4.78, 5) is 25.3. The second kappa shape index (κ2) is 7.07. The fraction of sp³-hybridized carbons (Fsp3) is 0.300. The Labute approximate surface area is 153 Å². The molecule has 0 bridgehead atoms. The van der Waals surface area contributed by atoms with Crippen LogP contribution in [0.25, 0.3) is 11.8 Å². The molecule has 136 valence electrons. The van der Waals surface area contributed by atoms with E-state index >= 15 is 0 Å². The van der Waals surface area contributed by atoms with Crippen molar-refractivity contribution < 1.29 is 14.3 Å². The van der Waals surface area contributed by atoms with E-state index in [1.54, 1.807) is 13.0 Å². The van der Waals surface area contributed by atoms with Crippen LogP contribution in [-0.2, 0) is 4.79 Å². The number of imide groups is 1. The summed E-state index contributed by atoms with van der Waals surface area (Å²) in [5.74, 6) is 0.545. The van der Waals surface area contributed by atoms with Gasteiger partial charge in [0.2, 0.25) is 0 Å². The van der Waals surface area contributed by atoms with Crippen LogP contribution in [0.15, 0.2) is 36.0 Å². The van der Waals surface area contributed by atoms with Crippen LogP contribution < -0.4 is 10.1 Å². The number of carbonyl (C=O) groups is 2. The second-order valence-corrected chi connectivity index (χ2v) is 6.13. The molecule has 0 aliphatic carbocycles. The maximum Gasteiger partial charge on any atom is 0.328 e. The average molecular weight is 353 g/mol. The standard InChI is InChI=1S/C20H23N3O3/c1-5-22-19(24)18(21-20(22)25)12-15-11-13(3)23(14(15)4)16-7-9-17(10-8-16)26-6-2/h7-12H,5-6H2,1-4H3,(H,21,25)/b18-12+. The van der Waals surface area contributed by atoms with Crippen molar-refractivity contribution in [2.24, 2.45) is 0 Å². The topological polar surface area (TPSA) is 63.6 Å². The van der Waals surface area contributed by atoms with Crippen molar-refractivity contribution in [3.8, 4) is 11.4 Å². The zero-order valence-corrected chi connectivity index (χ0v) is 15.5. The summed E-state index contributed by atoms with van der Waals surface area (Å²) in [5.41, 5.74) is 4.27. The monoisotopic (exact) mass is 353 g/mol. The molecule has 0 atom stereocenters. The molecule has 2 aromatic rings. The molecule has 0 radical (unpaired) electrons. The van der Waals surface area contributed by atoms with Crippen LogP contribution >= 0.6 is 0 Å². The maximum absolute atomic E-state index is 12.3. The summed E-state index contributed by atoms with van der Waals surface area (Å²) in [6.07, 6.45) is 1.74. The lowest BCUT2D eigenvalue weighted by Gasteiger charge is -2.11. The van der Waals surface area contributed by atoms with Gasteiger partial charge in [-0.05, 0) is 69.7 Å². The van der Waals surface area contributed by atoms with Crippen LogP contribution in [0, 0.1) is 13.8 Å². The van der Waals surface area contributed by atoms with Crippen molar-refractivity contribution in [3.63, 3.8) is 0 Å². The van der Waals surface area contributed by atoms with E-state index in [9.17, 15) is 9.59 Å². The number of likely N-dealkylation sites (N-methyl/N-ethyl adjacent to an activating group) is 1. The number of ether oxygens (including phenoxy) is 1.